The third-order valence-electron chi connectivity index (χ3n) is 3.93. The van der Waals surface area contributed by atoms with Crippen LogP contribution in [0.3, 0.4) is 0 Å². The summed E-state index contributed by atoms with van der Waals surface area (Å²) in [6.45, 7) is 0.368. The maximum Gasteiger partial charge on any atom is 0.165 e. The highest BCUT2D eigenvalue weighted by molar-refractivity contribution is 5.75. The number of para-hydroxylation sites is 1. The molecule has 0 saturated carbocycles. The monoisotopic (exact) mass is 331 g/mol. The predicted molar refractivity (Wildman–Crippen MR) is 82.3 cm³/mol. The van der Waals surface area contributed by atoms with Crippen molar-refractivity contribution in [3.05, 3.63) is 59.5 Å². The Kier molecular flexibility index (Phi) is 3.48. The van der Waals surface area contributed by atoms with Crippen LogP contribution in [0.5, 0.6) is 5.75 Å². The van der Waals surface area contributed by atoms with E-state index in [-0.39, 0.29) is 22.8 Å². The Labute approximate surface area is 135 Å². The summed E-state index contributed by atoms with van der Waals surface area (Å²) in [5, 5.41) is 3.15. The highest BCUT2D eigenvalue weighted by Crippen LogP contribution is 2.35. The number of rotatable bonds is 2. The molecule has 2 heterocycles. The highest BCUT2D eigenvalue weighted by atomic mass is 19.2. The van der Waals surface area contributed by atoms with Crippen LogP contribution in [0.2, 0.25) is 0 Å². The Morgan fingerprint density at radius 1 is 1.04 bits per heavy atom. The summed E-state index contributed by atoms with van der Waals surface area (Å²) in [4.78, 5) is 8.34. The molecule has 4 nitrogen and oxygen atoms in total. The van der Waals surface area contributed by atoms with Crippen LogP contribution in [0.1, 0.15) is 18.0 Å². The number of nitrogens with one attached hydrogen (secondary N) is 1. The second-order valence-corrected chi connectivity index (χ2v) is 5.50. The van der Waals surface area contributed by atoms with Gasteiger partial charge in [0.1, 0.15) is 5.82 Å². The van der Waals surface area contributed by atoms with Crippen LogP contribution in [0, 0.1) is 17.5 Å². The molecular weight excluding hydrogens is 319 g/mol. The second-order valence-electron chi connectivity index (χ2n) is 5.50. The Balaban J connectivity index is 1.68. The number of nitrogens with zero attached hydrogens (tertiary/aromatic N) is 2. The molecule has 0 bridgehead atoms. The molecule has 0 saturated heterocycles. The van der Waals surface area contributed by atoms with Crippen LogP contribution in [-0.2, 0) is 0 Å². The Hall–Kier alpha value is -2.83. The van der Waals surface area contributed by atoms with E-state index in [0.717, 1.165) is 12.1 Å². The smallest absolute Gasteiger partial charge is 0.165 e. The molecule has 2 aromatic carbocycles. The number of hydrogen-bond donors (Lipinski definition) is 1. The maximum atomic E-state index is 13.8. The van der Waals surface area contributed by atoms with Gasteiger partial charge in [0.2, 0.25) is 0 Å². The topological polar surface area (TPSA) is 47.0 Å². The van der Waals surface area contributed by atoms with E-state index < -0.39 is 17.5 Å². The molecule has 1 atom stereocenters. The van der Waals surface area contributed by atoms with Gasteiger partial charge in [0.25, 0.3) is 0 Å². The lowest BCUT2D eigenvalue weighted by Gasteiger charge is -2.27. The summed E-state index contributed by atoms with van der Waals surface area (Å²) in [7, 11) is 0. The summed E-state index contributed by atoms with van der Waals surface area (Å²) in [5.41, 5.74) is 1.19. The third-order valence-corrected chi connectivity index (χ3v) is 3.93. The standard InChI is InChI=1S/C17H12F3N3O/c18-10-3-1-2-9-13(4-5-24-17(9)10)22-16-8-21-14-6-11(19)12(20)7-15(14)23-16/h1-3,6-8,13H,4-5H2,(H,22,23)/t13-/m0/s1. The van der Waals surface area contributed by atoms with Crippen molar-refractivity contribution in [3.8, 4) is 5.75 Å². The molecule has 0 fully saturated rings. The number of fused-ring (bicyclic) bond motifs is 2. The molecule has 1 aliphatic rings. The van der Waals surface area contributed by atoms with Crippen LogP contribution in [-0.4, -0.2) is 16.6 Å². The number of anilines is 1. The van der Waals surface area contributed by atoms with Crippen LogP contribution in [0.15, 0.2) is 36.5 Å². The molecule has 3 aromatic rings. The average molecular weight is 331 g/mol. The van der Waals surface area contributed by atoms with E-state index >= 15 is 0 Å². The zero-order chi connectivity index (χ0) is 16.7. The summed E-state index contributed by atoms with van der Waals surface area (Å²) in [6.07, 6.45) is 2.06. The number of benzene rings is 2. The van der Waals surface area contributed by atoms with Gasteiger partial charge in [0.15, 0.2) is 23.2 Å². The van der Waals surface area contributed by atoms with Crippen LogP contribution in [0.25, 0.3) is 11.0 Å². The molecule has 0 radical (unpaired) electrons. The summed E-state index contributed by atoms with van der Waals surface area (Å²) in [6, 6.07) is 6.53. The highest BCUT2D eigenvalue weighted by Gasteiger charge is 2.24. The van der Waals surface area contributed by atoms with Gasteiger partial charge < -0.3 is 10.1 Å². The van der Waals surface area contributed by atoms with Gasteiger partial charge in [0.05, 0.1) is 29.9 Å². The minimum absolute atomic E-state index is 0.207. The van der Waals surface area contributed by atoms with E-state index in [0.29, 0.717) is 24.4 Å². The van der Waals surface area contributed by atoms with Gasteiger partial charge in [-0.25, -0.2) is 18.2 Å². The van der Waals surface area contributed by atoms with Crippen molar-refractivity contribution < 1.29 is 17.9 Å². The van der Waals surface area contributed by atoms with Crippen LogP contribution in [0.4, 0.5) is 19.0 Å². The van der Waals surface area contributed by atoms with Crippen molar-refractivity contribution in [3.63, 3.8) is 0 Å². The first-order chi connectivity index (χ1) is 11.6. The van der Waals surface area contributed by atoms with Crippen molar-refractivity contribution >= 4 is 16.9 Å². The molecule has 0 spiro atoms. The van der Waals surface area contributed by atoms with Gasteiger partial charge >= 0.3 is 0 Å². The molecule has 4 rings (SSSR count). The van der Waals surface area contributed by atoms with Crippen molar-refractivity contribution in [1.29, 1.82) is 0 Å². The Morgan fingerprint density at radius 3 is 2.67 bits per heavy atom. The van der Waals surface area contributed by atoms with Crippen molar-refractivity contribution in [2.75, 3.05) is 11.9 Å². The van der Waals surface area contributed by atoms with E-state index in [1.807, 2.05) is 0 Å². The third kappa shape index (κ3) is 2.51. The van der Waals surface area contributed by atoms with E-state index in [4.69, 9.17) is 4.74 Å². The minimum atomic E-state index is -0.979. The molecular formula is C17H12F3N3O. The molecule has 1 N–H and O–H groups in total. The summed E-state index contributed by atoms with van der Waals surface area (Å²) < 4.78 is 45.8. The van der Waals surface area contributed by atoms with E-state index in [9.17, 15) is 13.2 Å². The maximum absolute atomic E-state index is 13.8. The fourth-order valence-corrected chi connectivity index (χ4v) is 2.79. The SMILES string of the molecule is Fc1cc2ncc(N[C@H]3CCOc4c(F)cccc43)nc2cc1F. The Bertz CT molecular complexity index is 932. The lowest BCUT2D eigenvalue weighted by atomic mass is 10.0. The first-order valence-electron chi connectivity index (χ1n) is 7.41. The van der Waals surface area contributed by atoms with Crippen molar-refractivity contribution in [2.24, 2.45) is 0 Å². The summed E-state index contributed by atoms with van der Waals surface area (Å²) in [5.74, 6) is -1.74. The molecule has 1 aliphatic heterocycles. The molecule has 24 heavy (non-hydrogen) atoms. The molecule has 122 valence electrons. The average Bonchev–Trinajstić information content (AvgIpc) is 2.57. The molecule has 0 unspecified atom stereocenters. The molecule has 0 aliphatic carbocycles. The van der Waals surface area contributed by atoms with E-state index in [1.165, 1.54) is 12.3 Å². The second kappa shape index (κ2) is 5.67. The van der Waals surface area contributed by atoms with Gasteiger partial charge in [-0.1, -0.05) is 12.1 Å². The lowest BCUT2D eigenvalue weighted by molar-refractivity contribution is 0.260. The first-order valence-corrected chi connectivity index (χ1v) is 7.41. The van der Waals surface area contributed by atoms with Gasteiger partial charge in [0, 0.05) is 24.1 Å². The van der Waals surface area contributed by atoms with Gasteiger partial charge in [-0.3, -0.25) is 4.98 Å². The summed E-state index contributed by atoms with van der Waals surface area (Å²) >= 11 is 0. The van der Waals surface area contributed by atoms with Gasteiger partial charge in [-0.15, -0.1) is 0 Å². The zero-order valence-electron chi connectivity index (χ0n) is 12.4. The largest absolute Gasteiger partial charge is 0.490 e. The number of halogens is 3. The van der Waals surface area contributed by atoms with Gasteiger partial charge in [-0.2, -0.15) is 0 Å². The minimum Gasteiger partial charge on any atom is -0.490 e. The normalized spacial score (nSPS) is 16.5. The lowest BCUT2D eigenvalue weighted by Crippen LogP contribution is -2.21. The Morgan fingerprint density at radius 2 is 1.83 bits per heavy atom. The predicted octanol–water partition coefficient (Wildman–Crippen LogP) is 3.98. The van der Waals surface area contributed by atoms with Crippen molar-refractivity contribution in [1.82, 2.24) is 9.97 Å². The van der Waals surface area contributed by atoms with E-state index in [2.05, 4.69) is 15.3 Å². The fraction of sp³-hybridized carbons (Fsp3) is 0.176. The van der Waals surface area contributed by atoms with Crippen LogP contribution < -0.4 is 10.1 Å². The molecule has 0 amide bonds. The van der Waals surface area contributed by atoms with E-state index in [1.54, 1.807) is 12.1 Å². The molecule has 1 aromatic heterocycles. The number of ether oxygens (including phenoxy) is 1. The quantitative estimate of drug-likeness (QED) is 0.771. The van der Waals surface area contributed by atoms with Gasteiger partial charge in [-0.05, 0) is 6.07 Å². The molecule has 7 heteroatoms. The zero-order valence-corrected chi connectivity index (χ0v) is 12.4. The number of hydrogen-bond acceptors (Lipinski definition) is 4. The van der Waals surface area contributed by atoms with Crippen LogP contribution >= 0.6 is 0 Å². The fourth-order valence-electron chi connectivity index (χ4n) is 2.79. The number of aromatic nitrogens is 2. The van der Waals surface area contributed by atoms with Crippen molar-refractivity contribution in [2.45, 2.75) is 12.5 Å². The first kappa shape index (κ1) is 14.7.